The lowest BCUT2D eigenvalue weighted by Gasteiger charge is -2.03. The van der Waals surface area contributed by atoms with Crippen molar-refractivity contribution in [3.63, 3.8) is 0 Å². The number of rotatable bonds is 4. The fourth-order valence-corrected chi connectivity index (χ4v) is 2.69. The third kappa shape index (κ3) is 3.00. The maximum Gasteiger partial charge on any atom is 0.343 e. The summed E-state index contributed by atoms with van der Waals surface area (Å²) in [6, 6.07) is 8.64. The van der Waals surface area contributed by atoms with Crippen LogP contribution in [0.3, 0.4) is 0 Å². The van der Waals surface area contributed by atoms with Gasteiger partial charge in [-0.05, 0) is 30.5 Å². The number of amides is 1. The molecule has 116 valence electrons. The van der Waals surface area contributed by atoms with Crippen LogP contribution in [0, 0.1) is 6.92 Å². The molecule has 3 rings (SSSR count). The van der Waals surface area contributed by atoms with Crippen LogP contribution in [-0.2, 0) is 0 Å². The molecule has 0 aliphatic carbocycles. The van der Waals surface area contributed by atoms with E-state index in [0.29, 0.717) is 11.1 Å². The third-order valence-electron chi connectivity index (χ3n) is 3.24. The minimum Gasteiger partial charge on any atom is -0.477 e. The number of carbonyl (C=O) groups is 2. The van der Waals surface area contributed by atoms with Gasteiger partial charge in [-0.1, -0.05) is 22.9 Å². The Bertz CT molecular complexity index is 851. The number of carboxylic acids is 1. The molecule has 1 amide bonds. The van der Waals surface area contributed by atoms with Gasteiger partial charge in [-0.15, -0.1) is 0 Å². The molecule has 0 bridgehead atoms. The van der Waals surface area contributed by atoms with Crippen molar-refractivity contribution in [2.24, 2.45) is 0 Å². The van der Waals surface area contributed by atoms with Gasteiger partial charge in [-0.3, -0.25) is 10.1 Å². The van der Waals surface area contributed by atoms with Gasteiger partial charge >= 0.3 is 5.97 Å². The first-order chi connectivity index (χ1) is 11.1. The average Bonchev–Trinajstić information content (AvgIpc) is 3.16. The van der Waals surface area contributed by atoms with Crippen LogP contribution in [-0.4, -0.2) is 22.1 Å². The number of nitrogens with zero attached hydrogens (tertiary/aromatic N) is 1. The third-order valence-corrected chi connectivity index (χ3v) is 3.92. The molecule has 2 aromatic heterocycles. The number of hydrogen-bond donors (Lipinski definition) is 2. The van der Waals surface area contributed by atoms with Crippen LogP contribution in [0.5, 0.6) is 0 Å². The first kappa shape index (κ1) is 15.0. The van der Waals surface area contributed by atoms with Crippen LogP contribution in [0.25, 0.3) is 11.3 Å². The summed E-state index contributed by atoms with van der Waals surface area (Å²) >= 11 is 1.41. The molecule has 0 fully saturated rings. The Balaban J connectivity index is 1.93. The van der Waals surface area contributed by atoms with E-state index in [4.69, 9.17) is 4.52 Å². The van der Waals surface area contributed by atoms with Crippen molar-refractivity contribution in [3.8, 4) is 11.3 Å². The van der Waals surface area contributed by atoms with Crippen LogP contribution in [0.1, 0.15) is 26.3 Å². The summed E-state index contributed by atoms with van der Waals surface area (Å²) in [6.07, 6.45) is 0. The number of nitrogens with one attached hydrogen (secondary N) is 1. The minimum absolute atomic E-state index is 0.163. The summed E-state index contributed by atoms with van der Waals surface area (Å²) in [4.78, 5) is 23.7. The van der Waals surface area contributed by atoms with Crippen molar-refractivity contribution in [2.75, 3.05) is 5.32 Å². The van der Waals surface area contributed by atoms with E-state index in [0.717, 1.165) is 5.56 Å². The zero-order chi connectivity index (χ0) is 16.4. The molecule has 7 heteroatoms. The summed E-state index contributed by atoms with van der Waals surface area (Å²) in [7, 11) is 0. The smallest absolute Gasteiger partial charge is 0.343 e. The second kappa shape index (κ2) is 6.05. The van der Waals surface area contributed by atoms with E-state index in [1.165, 1.54) is 11.3 Å². The first-order valence-corrected chi connectivity index (χ1v) is 7.64. The van der Waals surface area contributed by atoms with Gasteiger partial charge in [0, 0.05) is 16.5 Å². The fraction of sp³-hybridized carbons (Fsp3) is 0.0625. The molecule has 0 atom stereocenters. The van der Waals surface area contributed by atoms with Crippen molar-refractivity contribution < 1.29 is 19.2 Å². The minimum atomic E-state index is -1.22. The number of benzene rings is 1. The van der Waals surface area contributed by atoms with Gasteiger partial charge in [0.1, 0.15) is 5.69 Å². The van der Waals surface area contributed by atoms with E-state index < -0.39 is 11.9 Å². The number of thiophene rings is 1. The summed E-state index contributed by atoms with van der Waals surface area (Å²) in [5, 5.41) is 19.2. The molecule has 2 heterocycles. The molecule has 0 spiro atoms. The number of aromatic nitrogens is 1. The molecular formula is C16H12N2O4S. The summed E-state index contributed by atoms with van der Waals surface area (Å²) in [5.41, 5.74) is 2.08. The zero-order valence-corrected chi connectivity index (χ0v) is 12.9. The number of hydrogen-bond acceptors (Lipinski definition) is 5. The van der Waals surface area contributed by atoms with Crippen LogP contribution >= 0.6 is 11.3 Å². The lowest BCUT2D eigenvalue weighted by atomic mass is 10.1. The highest BCUT2D eigenvalue weighted by molar-refractivity contribution is 7.08. The number of carboxylic acid groups (broad SMARTS) is 1. The SMILES string of the molecule is Cc1ccc(C(=O)Nc2onc(-c3ccsc3)c2C(=O)O)cc1. The topological polar surface area (TPSA) is 92.4 Å². The molecule has 0 radical (unpaired) electrons. The summed E-state index contributed by atoms with van der Waals surface area (Å²) in [6.45, 7) is 1.91. The molecule has 0 aliphatic heterocycles. The van der Waals surface area contributed by atoms with Crippen LogP contribution < -0.4 is 5.32 Å². The molecule has 0 saturated carbocycles. The Morgan fingerprint density at radius 1 is 1.22 bits per heavy atom. The van der Waals surface area contributed by atoms with Gasteiger partial charge in [-0.25, -0.2) is 4.79 Å². The predicted molar refractivity (Wildman–Crippen MR) is 85.9 cm³/mol. The standard InChI is InChI=1S/C16H12N2O4S/c1-9-2-4-10(5-3-9)14(19)17-15-12(16(20)21)13(18-22-15)11-6-7-23-8-11/h2-8H,1H3,(H,17,19)(H,20,21). The van der Waals surface area contributed by atoms with Gasteiger partial charge in [0.2, 0.25) is 5.88 Å². The Morgan fingerprint density at radius 3 is 2.57 bits per heavy atom. The number of aromatic carboxylic acids is 1. The molecule has 2 N–H and O–H groups in total. The zero-order valence-electron chi connectivity index (χ0n) is 12.1. The Morgan fingerprint density at radius 2 is 1.96 bits per heavy atom. The maximum atomic E-state index is 12.2. The van der Waals surface area contributed by atoms with Crippen molar-refractivity contribution in [1.82, 2.24) is 5.16 Å². The highest BCUT2D eigenvalue weighted by Gasteiger charge is 2.25. The highest BCUT2D eigenvalue weighted by Crippen LogP contribution is 2.30. The Hall–Kier alpha value is -2.93. The van der Waals surface area contributed by atoms with Gasteiger partial charge in [0.15, 0.2) is 5.56 Å². The van der Waals surface area contributed by atoms with Crippen LogP contribution in [0.4, 0.5) is 5.88 Å². The second-order valence-electron chi connectivity index (χ2n) is 4.87. The molecular weight excluding hydrogens is 316 g/mol. The van der Waals surface area contributed by atoms with E-state index in [2.05, 4.69) is 10.5 Å². The number of aryl methyl sites for hydroxylation is 1. The molecule has 1 aromatic carbocycles. The normalized spacial score (nSPS) is 10.5. The highest BCUT2D eigenvalue weighted by atomic mass is 32.1. The molecule has 6 nitrogen and oxygen atoms in total. The first-order valence-electron chi connectivity index (χ1n) is 6.70. The molecule has 23 heavy (non-hydrogen) atoms. The van der Waals surface area contributed by atoms with Crippen molar-refractivity contribution in [3.05, 3.63) is 57.8 Å². The lowest BCUT2D eigenvalue weighted by Crippen LogP contribution is -2.13. The predicted octanol–water partition coefficient (Wildman–Crippen LogP) is 3.66. The van der Waals surface area contributed by atoms with Gasteiger partial charge in [-0.2, -0.15) is 11.3 Å². The lowest BCUT2D eigenvalue weighted by molar-refractivity contribution is 0.0698. The quantitative estimate of drug-likeness (QED) is 0.762. The largest absolute Gasteiger partial charge is 0.477 e. The van der Waals surface area contributed by atoms with E-state index >= 15 is 0 Å². The number of anilines is 1. The Labute approximate surface area is 135 Å². The summed E-state index contributed by atoms with van der Waals surface area (Å²) in [5.74, 6) is -1.85. The second-order valence-corrected chi connectivity index (χ2v) is 5.65. The molecule has 0 aliphatic rings. The fourth-order valence-electron chi connectivity index (χ4n) is 2.05. The van der Waals surface area contributed by atoms with E-state index in [-0.39, 0.29) is 17.1 Å². The van der Waals surface area contributed by atoms with Crippen molar-refractivity contribution >= 4 is 29.1 Å². The van der Waals surface area contributed by atoms with Crippen LogP contribution in [0.2, 0.25) is 0 Å². The van der Waals surface area contributed by atoms with Gasteiger partial charge < -0.3 is 9.63 Å². The van der Waals surface area contributed by atoms with Crippen LogP contribution in [0.15, 0.2) is 45.6 Å². The molecule has 0 unspecified atom stereocenters. The summed E-state index contributed by atoms with van der Waals surface area (Å²) < 4.78 is 5.04. The monoisotopic (exact) mass is 328 g/mol. The van der Waals surface area contributed by atoms with Gasteiger partial charge in [0.25, 0.3) is 5.91 Å². The number of carbonyl (C=O) groups excluding carboxylic acids is 1. The van der Waals surface area contributed by atoms with Crippen molar-refractivity contribution in [2.45, 2.75) is 6.92 Å². The van der Waals surface area contributed by atoms with E-state index in [9.17, 15) is 14.7 Å². The van der Waals surface area contributed by atoms with E-state index in [1.807, 2.05) is 6.92 Å². The van der Waals surface area contributed by atoms with Crippen molar-refractivity contribution in [1.29, 1.82) is 0 Å². The molecule has 3 aromatic rings. The average molecular weight is 328 g/mol. The van der Waals surface area contributed by atoms with E-state index in [1.54, 1.807) is 41.1 Å². The molecule has 0 saturated heterocycles. The maximum absolute atomic E-state index is 12.2. The van der Waals surface area contributed by atoms with Gasteiger partial charge in [0.05, 0.1) is 0 Å². The Kier molecular flexibility index (Phi) is 3.94.